The van der Waals surface area contributed by atoms with Crippen molar-refractivity contribution in [3.05, 3.63) is 48.0 Å². The fraction of sp³-hybridized carbons (Fsp3) is 0.375. The van der Waals surface area contributed by atoms with Gasteiger partial charge in [0.15, 0.2) is 0 Å². The van der Waals surface area contributed by atoms with Crippen LogP contribution in [0.2, 0.25) is 0 Å². The van der Waals surface area contributed by atoms with Crippen molar-refractivity contribution in [3.63, 3.8) is 0 Å². The summed E-state index contributed by atoms with van der Waals surface area (Å²) in [6.45, 7) is 6.72. The molecule has 1 heterocycles. The van der Waals surface area contributed by atoms with Gasteiger partial charge in [0.05, 0.1) is 0 Å². The van der Waals surface area contributed by atoms with E-state index in [-0.39, 0.29) is 0 Å². The molecular formula is C16H20N2. The molecule has 2 aromatic carbocycles. The first-order chi connectivity index (χ1) is 8.83. The number of nitrogens with zero attached hydrogens (tertiary/aromatic N) is 1. The van der Waals surface area contributed by atoms with Crippen molar-refractivity contribution in [2.24, 2.45) is 0 Å². The molecular weight excluding hydrogens is 220 g/mol. The Labute approximate surface area is 109 Å². The second-order valence-corrected chi connectivity index (χ2v) is 5.21. The van der Waals surface area contributed by atoms with Crippen LogP contribution in [0.15, 0.2) is 42.5 Å². The Bertz CT molecular complexity index is 535. The summed E-state index contributed by atoms with van der Waals surface area (Å²) in [6.07, 6.45) is 0. The summed E-state index contributed by atoms with van der Waals surface area (Å²) >= 11 is 0. The van der Waals surface area contributed by atoms with Crippen LogP contribution in [0.25, 0.3) is 10.8 Å². The maximum absolute atomic E-state index is 3.44. The molecule has 0 radical (unpaired) electrons. The van der Waals surface area contributed by atoms with Crippen molar-refractivity contribution >= 4 is 10.8 Å². The minimum absolute atomic E-state index is 0.630. The highest BCUT2D eigenvalue weighted by Gasteiger charge is 2.17. The average Bonchev–Trinajstić information content (AvgIpc) is 2.41. The standard InChI is InChI=1S/C16H20N2/c1-13-11-17-8-9-18(13)12-14-6-7-15-4-2-3-5-16(15)10-14/h2-7,10,13,17H,8-9,11-12H2,1H3/t13-/m1/s1. The van der Waals surface area contributed by atoms with Crippen LogP contribution in [0.4, 0.5) is 0 Å². The van der Waals surface area contributed by atoms with Crippen LogP contribution >= 0.6 is 0 Å². The van der Waals surface area contributed by atoms with E-state index in [1.807, 2.05) is 0 Å². The third kappa shape index (κ3) is 2.40. The molecule has 0 aliphatic carbocycles. The molecule has 2 heteroatoms. The summed E-state index contributed by atoms with van der Waals surface area (Å²) in [5.41, 5.74) is 1.42. The summed E-state index contributed by atoms with van der Waals surface area (Å²) in [6, 6.07) is 16.0. The normalized spacial score (nSPS) is 21.3. The summed E-state index contributed by atoms with van der Waals surface area (Å²) in [4.78, 5) is 2.56. The van der Waals surface area contributed by atoms with Gasteiger partial charge in [-0.3, -0.25) is 4.90 Å². The predicted octanol–water partition coefficient (Wildman–Crippen LogP) is 2.63. The minimum atomic E-state index is 0.630. The van der Waals surface area contributed by atoms with Crippen LogP contribution in [-0.2, 0) is 6.54 Å². The van der Waals surface area contributed by atoms with Gasteiger partial charge in [-0.05, 0) is 29.3 Å². The molecule has 0 spiro atoms. The van der Waals surface area contributed by atoms with Gasteiger partial charge in [0, 0.05) is 32.2 Å². The van der Waals surface area contributed by atoms with Crippen molar-refractivity contribution in [2.75, 3.05) is 19.6 Å². The summed E-state index contributed by atoms with van der Waals surface area (Å²) in [5, 5.41) is 6.11. The van der Waals surface area contributed by atoms with Crippen LogP contribution in [0.1, 0.15) is 12.5 Å². The van der Waals surface area contributed by atoms with Crippen molar-refractivity contribution in [1.82, 2.24) is 10.2 Å². The number of fused-ring (bicyclic) bond motifs is 1. The van der Waals surface area contributed by atoms with Gasteiger partial charge < -0.3 is 5.32 Å². The number of nitrogens with one attached hydrogen (secondary N) is 1. The fourth-order valence-corrected chi connectivity index (χ4v) is 2.69. The summed E-state index contributed by atoms with van der Waals surface area (Å²) in [7, 11) is 0. The molecule has 2 aromatic rings. The zero-order chi connectivity index (χ0) is 12.4. The predicted molar refractivity (Wildman–Crippen MR) is 76.7 cm³/mol. The second kappa shape index (κ2) is 5.09. The number of rotatable bonds is 2. The molecule has 0 amide bonds. The maximum Gasteiger partial charge on any atom is 0.0237 e. The molecule has 0 saturated carbocycles. The first-order valence-corrected chi connectivity index (χ1v) is 6.75. The van der Waals surface area contributed by atoms with Crippen LogP contribution in [0.3, 0.4) is 0 Å². The molecule has 0 bridgehead atoms. The number of benzene rings is 2. The molecule has 1 atom stereocenters. The van der Waals surface area contributed by atoms with E-state index in [0.29, 0.717) is 6.04 Å². The largest absolute Gasteiger partial charge is 0.314 e. The minimum Gasteiger partial charge on any atom is -0.314 e. The van der Waals surface area contributed by atoms with Gasteiger partial charge >= 0.3 is 0 Å². The lowest BCUT2D eigenvalue weighted by Crippen LogP contribution is -2.49. The zero-order valence-electron chi connectivity index (χ0n) is 10.9. The molecule has 1 fully saturated rings. The Hall–Kier alpha value is -1.38. The maximum atomic E-state index is 3.44. The summed E-state index contributed by atoms with van der Waals surface area (Å²) < 4.78 is 0. The SMILES string of the molecule is C[C@@H]1CNCCN1Cc1ccc2ccccc2c1. The second-order valence-electron chi connectivity index (χ2n) is 5.21. The van der Waals surface area contributed by atoms with E-state index in [9.17, 15) is 0 Å². The lowest BCUT2D eigenvalue weighted by atomic mass is 10.1. The van der Waals surface area contributed by atoms with Crippen molar-refractivity contribution in [3.8, 4) is 0 Å². The molecule has 0 unspecified atom stereocenters. The fourth-order valence-electron chi connectivity index (χ4n) is 2.69. The number of hydrogen-bond donors (Lipinski definition) is 1. The van der Waals surface area contributed by atoms with Crippen molar-refractivity contribution < 1.29 is 0 Å². The highest BCUT2D eigenvalue weighted by Crippen LogP contribution is 2.18. The zero-order valence-corrected chi connectivity index (χ0v) is 10.9. The molecule has 18 heavy (non-hydrogen) atoms. The molecule has 94 valence electrons. The van der Waals surface area contributed by atoms with E-state index < -0.39 is 0 Å². The van der Waals surface area contributed by atoms with Crippen LogP contribution in [0.5, 0.6) is 0 Å². The van der Waals surface area contributed by atoms with Gasteiger partial charge in [-0.25, -0.2) is 0 Å². The molecule has 1 N–H and O–H groups in total. The number of piperazine rings is 1. The Kier molecular flexibility index (Phi) is 3.31. The highest BCUT2D eigenvalue weighted by atomic mass is 15.2. The quantitative estimate of drug-likeness (QED) is 0.868. The first kappa shape index (κ1) is 11.7. The van der Waals surface area contributed by atoms with E-state index in [2.05, 4.69) is 59.6 Å². The lowest BCUT2D eigenvalue weighted by Gasteiger charge is -2.33. The van der Waals surface area contributed by atoms with Gasteiger partial charge in [0.2, 0.25) is 0 Å². The first-order valence-electron chi connectivity index (χ1n) is 6.75. The van der Waals surface area contributed by atoms with Crippen molar-refractivity contribution in [1.29, 1.82) is 0 Å². The lowest BCUT2D eigenvalue weighted by molar-refractivity contribution is 0.166. The Balaban J connectivity index is 1.81. The van der Waals surface area contributed by atoms with E-state index in [1.165, 1.54) is 16.3 Å². The Morgan fingerprint density at radius 2 is 2.00 bits per heavy atom. The third-order valence-electron chi connectivity index (χ3n) is 3.84. The van der Waals surface area contributed by atoms with E-state index >= 15 is 0 Å². The van der Waals surface area contributed by atoms with Crippen LogP contribution < -0.4 is 5.32 Å². The van der Waals surface area contributed by atoms with Gasteiger partial charge in [0.25, 0.3) is 0 Å². The van der Waals surface area contributed by atoms with E-state index in [0.717, 1.165) is 26.2 Å². The average molecular weight is 240 g/mol. The summed E-state index contributed by atoms with van der Waals surface area (Å²) in [5.74, 6) is 0. The monoisotopic (exact) mass is 240 g/mol. The van der Waals surface area contributed by atoms with E-state index in [4.69, 9.17) is 0 Å². The highest BCUT2D eigenvalue weighted by molar-refractivity contribution is 5.82. The van der Waals surface area contributed by atoms with Crippen LogP contribution in [0, 0.1) is 0 Å². The Morgan fingerprint density at radius 3 is 2.83 bits per heavy atom. The van der Waals surface area contributed by atoms with Gasteiger partial charge in [-0.15, -0.1) is 0 Å². The van der Waals surface area contributed by atoms with Gasteiger partial charge in [-0.2, -0.15) is 0 Å². The van der Waals surface area contributed by atoms with Gasteiger partial charge in [0.1, 0.15) is 0 Å². The van der Waals surface area contributed by atoms with Crippen LogP contribution in [-0.4, -0.2) is 30.6 Å². The molecule has 1 aliphatic heterocycles. The number of hydrogen-bond acceptors (Lipinski definition) is 2. The molecule has 2 nitrogen and oxygen atoms in total. The molecule has 0 aromatic heterocycles. The van der Waals surface area contributed by atoms with Crippen molar-refractivity contribution in [2.45, 2.75) is 19.5 Å². The third-order valence-corrected chi connectivity index (χ3v) is 3.84. The molecule has 1 saturated heterocycles. The Morgan fingerprint density at radius 1 is 1.17 bits per heavy atom. The van der Waals surface area contributed by atoms with E-state index in [1.54, 1.807) is 0 Å². The van der Waals surface area contributed by atoms with Gasteiger partial charge in [-0.1, -0.05) is 36.4 Å². The molecule has 3 rings (SSSR count). The smallest absolute Gasteiger partial charge is 0.0237 e. The topological polar surface area (TPSA) is 15.3 Å². The molecule has 1 aliphatic rings.